The molecule has 4 saturated heterocycles. The number of fused-ring (bicyclic) bond motifs is 2. The van der Waals surface area contributed by atoms with Crippen molar-refractivity contribution in [3.05, 3.63) is 71.8 Å². The predicted molar refractivity (Wildman–Crippen MR) is 162 cm³/mol. The molecular formula is C35H40O10. The van der Waals surface area contributed by atoms with E-state index in [1.165, 1.54) is 12.2 Å². The molecule has 0 unspecified atom stereocenters. The van der Waals surface area contributed by atoms with E-state index >= 15 is 0 Å². The van der Waals surface area contributed by atoms with Crippen LogP contribution < -0.4 is 9.47 Å². The first kappa shape index (κ1) is 31.3. The Bertz CT molecular complexity index is 1470. The predicted octanol–water partition coefficient (Wildman–Crippen LogP) is 5.70. The minimum absolute atomic E-state index is 0.0775. The average Bonchev–Trinajstić information content (AvgIpc) is 3.28. The van der Waals surface area contributed by atoms with Crippen LogP contribution in [0.5, 0.6) is 11.5 Å². The second-order valence-corrected chi connectivity index (χ2v) is 12.4. The lowest BCUT2D eigenvalue weighted by molar-refractivity contribution is -0.577. The summed E-state index contributed by atoms with van der Waals surface area (Å²) in [5.74, 6) is -1.40. The zero-order valence-corrected chi connectivity index (χ0v) is 26.2. The minimum atomic E-state index is -1.02. The van der Waals surface area contributed by atoms with Crippen molar-refractivity contribution in [1.29, 1.82) is 0 Å². The van der Waals surface area contributed by atoms with Crippen LogP contribution in [-0.4, -0.2) is 56.2 Å². The molecule has 4 aliphatic heterocycles. The lowest BCUT2D eigenvalue weighted by Crippen LogP contribution is -2.72. The Balaban J connectivity index is 1.21. The Morgan fingerprint density at radius 1 is 0.844 bits per heavy atom. The van der Waals surface area contributed by atoms with E-state index in [1.807, 2.05) is 62.4 Å². The highest BCUT2D eigenvalue weighted by molar-refractivity contribution is 5.87. The van der Waals surface area contributed by atoms with Gasteiger partial charge in [-0.05, 0) is 73.2 Å². The fourth-order valence-corrected chi connectivity index (χ4v) is 7.26. The van der Waals surface area contributed by atoms with E-state index < -0.39 is 42.0 Å². The maximum atomic E-state index is 13.1. The van der Waals surface area contributed by atoms with Gasteiger partial charge in [0.05, 0.1) is 14.2 Å². The summed E-state index contributed by atoms with van der Waals surface area (Å²) < 4.78 is 35.3. The summed E-state index contributed by atoms with van der Waals surface area (Å²) in [5.41, 5.74) is 0.665. The molecule has 5 aliphatic rings. The molecule has 45 heavy (non-hydrogen) atoms. The zero-order chi connectivity index (χ0) is 31.8. The molecule has 9 atom stereocenters. The number of carbonyl (C=O) groups excluding carboxylic acids is 2. The number of carbonyl (C=O) groups is 2. The first-order valence-electron chi connectivity index (χ1n) is 15.4. The number of esters is 2. The van der Waals surface area contributed by atoms with E-state index in [2.05, 4.69) is 6.92 Å². The van der Waals surface area contributed by atoms with Crippen molar-refractivity contribution in [1.82, 2.24) is 0 Å². The van der Waals surface area contributed by atoms with Crippen molar-refractivity contribution in [3.8, 4) is 11.5 Å². The third-order valence-electron chi connectivity index (χ3n) is 9.70. The molecule has 2 aromatic carbocycles. The van der Waals surface area contributed by atoms with E-state index in [0.717, 1.165) is 17.5 Å². The highest BCUT2D eigenvalue weighted by Gasteiger charge is 2.71. The van der Waals surface area contributed by atoms with E-state index in [9.17, 15) is 9.59 Å². The van der Waals surface area contributed by atoms with Crippen LogP contribution >= 0.6 is 0 Å². The fraction of sp³-hybridized carbons (Fsp3) is 0.486. The molecule has 4 heterocycles. The maximum Gasteiger partial charge on any atom is 0.333 e. The van der Waals surface area contributed by atoms with E-state index in [0.29, 0.717) is 24.3 Å². The molecule has 7 rings (SSSR count). The molecule has 0 radical (unpaired) electrons. The van der Waals surface area contributed by atoms with Gasteiger partial charge < -0.3 is 28.4 Å². The minimum Gasteiger partial charge on any atom is -0.497 e. The van der Waals surface area contributed by atoms with Gasteiger partial charge in [-0.2, -0.15) is 0 Å². The van der Waals surface area contributed by atoms with Crippen LogP contribution in [0.15, 0.2) is 60.7 Å². The third-order valence-corrected chi connectivity index (χ3v) is 9.70. The lowest BCUT2D eigenvalue weighted by Gasteiger charge is -2.60. The summed E-state index contributed by atoms with van der Waals surface area (Å²) in [4.78, 5) is 38.2. The molecule has 2 bridgehead atoms. The van der Waals surface area contributed by atoms with Crippen molar-refractivity contribution in [2.24, 2.45) is 23.7 Å². The molecule has 1 spiro atoms. The van der Waals surface area contributed by atoms with Crippen LogP contribution in [-0.2, 0) is 38.3 Å². The molecular weight excluding hydrogens is 580 g/mol. The molecule has 10 nitrogen and oxygen atoms in total. The monoisotopic (exact) mass is 620 g/mol. The standard InChI is InChI=1S/C35H40O10/c1-21-27-16-17-34(3)43-33-35(27,45-44-34)28(20-29(21)40-30(36)14-12-23-8-6-10-25(18-23)38-4)22(2)32(42-33)41-31(37)15-13-24-9-7-11-26(19-24)39-5/h6-15,18-19,21-22,27-29,32-33H,16-17,20H2,1-5H3/b14-12+,15-13+/t21-,22+,27-,28-,29+,32+,33+,34+,35+/m0/s1. The van der Waals surface area contributed by atoms with Crippen molar-refractivity contribution in [2.75, 3.05) is 14.2 Å². The molecule has 1 aliphatic carbocycles. The van der Waals surface area contributed by atoms with Gasteiger partial charge in [0.15, 0.2) is 11.9 Å². The smallest absolute Gasteiger partial charge is 0.333 e. The molecule has 5 fully saturated rings. The van der Waals surface area contributed by atoms with Crippen molar-refractivity contribution < 1.29 is 47.8 Å². The van der Waals surface area contributed by atoms with Crippen LogP contribution in [0.25, 0.3) is 12.2 Å². The highest BCUT2D eigenvalue weighted by atomic mass is 17.3. The Kier molecular flexibility index (Phi) is 8.76. The second-order valence-electron chi connectivity index (χ2n) is 12.4. The van der Waals surface area contributed by atoms with Crippen LogP contribution in [0, 0.1) is 23.7 Å². The summed E-state index contributed by atoms with van der Waals surface area (Å²) in [5, 5.41) is 0. The van der Waals surface area contributed by atoms with Crippen molar-refractivity contribution in [2.45, 2.75) is 70.1 Å². The highest BCUT2D eigenvalue weighted by Crippen LogP contribution is 2.61. The normalized spacial score (nSPS) is 35.4. The molecule has 10 heteroatoms. The van der Waals surface area contributed by atoms with Crippen LogP contribution in [0.4, 0.5) is 0 Å². The number of hydrogen-bond acceptors (Lipinski definition) is 10. The molecule has 2 aromatic rings. The van der Waals surface area contributed by atoms with Gasteiger partial charge in [-0.3, -0.25) is 0 Å². The van der Waals surface area contributed by atoms with Gasteiger partial charge in [0.25, 0.3) is 0 Å². The molecule has 1 saturated carbocycles. The maximum absolute atomic E-state index is 13.1. The molecule has 0 amide bonds. The van der Waals surface area contributed by atoms with Gasteiger partial charge in [-0.1, -0.05) is 38.1 Å². The average molecular weight is 621 g/mol. The first-order chi connectivity index (χ1) is 21.6. The summed E-state index contributed by atoms with van der Waals surface area (Å²) in [6.45, 7) is 5.84. The number of ether oxygens (including phenoxy) is 6. The Labute approximate surface area is 263 Å². The summed E-state index contributed by atoms with van der Waals surface area (Å²) in [6, 6.07) is 14.8. The fourth-order valence-electron chi connectivity index (χ4n) is 7.26. The first-order valence-corrected chi connectivity index (χ1v) is 15.4. The molecule has 240 valence electrons. The largest absolute Gasteiger partial charge is 0.497 e. The van der Waals surface area contributed by atoms with Gasteiger partial charge in [0, 0.05) is 36.3 Å². The molecule has 0 aromatic heterocycles. The second kappa shape index (κ2) is 12.6. The Morgan fingerprint density at radius 3 is 2.09 bits per heavy atom. The summed E-state index contributed by atoms with van der Waals surface area (Å²) in [7, 11) is 3.19. The number of methoxy groups -OCH3 is 2. The number of benzene rings is 2. The number of rotatable bonds is 8. The van der Waals surface area contributed by atoms with Gasteiger partial charge in [-0.25, -0.2) is 19.4 Å². The quantitative estimate of drug-likeness (QED) is 0.207. The summed E-state index contributed by atoms with van der Waals surface area (Å²) >= 11 is 0. The Morgan fingerprint density at radius 2 is 1.47 bits per heavy atom. The van der Waals surface area contributed by atoms with E-state index in [4.69, 9.17) is 38.2 Å². The van der Waals surface area contributed by atoms with Crippen LogP contribution in [0.2, 0.25) is 0 Å². The topological polar surface area (TPSA) is 108 Å². The summed E-state index contributed by atoms with van der Waals surface area (Å²) in [6.07, 6.45) is 5.74. The van der Waals surface area contributed by atoms with Gasteiger partial charge in [0.1, 0.15) is 17.6 Å². The van der Waals surface area contributed by atoms with Crippen molar-refractivity contribution in [3.63, 3.8) is 0 Å². The van der Waals surface area contributed by atoms with Gasteiger partial charge >= 0.3 is 11.9 Å². The molecule has 0 N–H and O–H groups in total. The zero-order valence-electron chi connectivity index (χ0n) is 26.2. The van der Waals surface area contributed by atoms with Crippen LogP contribution in [0.1, 0.15) is 51.2 Å². The SMILES string of the molecule is COc1cccc(/C=C/C(=O)O[C@@H]2O[C@@H]3O[C@@]4(C)CC[C@H]5[C@H](C)[C@H](OC(=O)/C=C/c6cccc(OC)c6)C[C@@H]([C@H]2C)[C@@]35OO4)c1. The lowest BCUT2D eigenvalue weighted by atomic mass is 9.57. The number of hydrogen-bond donors (Lipinski definition) is 0. The van der Waals surface area contributed by atoms with Gasteiger partial charge in [0.2, 0.25) is 12.1 Å². The van der Waals surface area contributed by atoms with Crippen molar-refractivity contribution >= 4 is 24.1 Å². The Hall–Kier alpha value is -3.70. The van der Waals surface area contributed by atoms with E-state index in [1.54, 1.807) is 26.4 Å². The third kappa shape index (κ3) is 6.12. The van der Waals surface area contributed by atoms with Gasteiger partial charge in [-0.15, -0.1) is 0 Å². The van der Waals surface area contributed by atoms with Crippen LogP contribution in [0.3, 0.4) is 0 Å². The van der Waals surface area contributed by atoms with E-state index in [-0.39, 0.29) is 23.7 Å².